The van der Waals surface area contributed by atoms with Crippen molar-refractivity contribution in [1.29, 1.82) is 0 Å². The van der Waals surface area contributed by atoms with Gasteiger partial charge >= 0.3 is 5.97 Å². The Morgan fingerprint density at radius 1 is 1.62 bits per heavy atom. The smallest absolute Gasteiger partial charge is 0.327 e. The Bertz CT molecular complexity index is 190. The Morgan fingerprint density at radius 3 is 2.69 bits per heavy atom. The Morgan fingerprint density at radius 2 is 2.23 bits per heavy atom. The molecule has 0 aliphatic rings. The minimum absolute atomic E-state index is 0.0343. The van der Waals surface area contributed by atoms with Crippen molar-refractivity contribution in [2.75, 3.05) is 20.2 Å². The number of aliphatic imine (C=N–C) groups is 1. The molecule has 0 radical (unpaired) electrons. The number of guanidine groups is 1. The monoisotopic (exact) mass is 187 g/mol. The normalized spacial score (nSPS) is 11.5. The van der Waals surface area contributed by atoms with Gasteiger partial charge in [-0.2, -0.15) is 0 Å². The first kappa shape index (κ1) is 11.7. The van der Waals surface area contributed by atoms with E-state index in [1.54, 1.807) is 0 Å². The standard InChI is InChI=1S/C8H17N3O2/c1-6(2)4-10-8(9)11-5-7(12)13-3/h6H,4-5H2,1-3H3,(H3,9,10,11). The van der Waals surface area contributed by atoms with Crippen molar-refractivity contribution in [3.8, 4) is 0 Å². The molecule has 0 amide bonds. The summed E-state index contributed by atoms with van der Waals surface area (Å²) in [4.78, 5) is 14.4. The van der Waals surface area contributed by atoms with Crippen LogP contribution in [-0.2, 0) is 9.53 Å². The number of nitrogens with two attached hydrogens (primary N) is 1. The minimum Gasteiger partial charge on any atom is -0.468 e. The van der Waals surface area contributed by atoms with E-state index in [1.165, 1.54) is 7.11 Å². The Balaban J connectivity index is 3.69. The third-order valence-electron chi connectivity index (χ3n) is 1.30. The molecule has 0 heterocycles. The highest BCUT2D eigenvalue weighted by Gasteiger charge is 1.98. The maximum absolute atomic E-state index is 10.6. The molecule has 0 unspecified atom stereocenters. The van der Waals surface area contributed by atoms with Gasteiger partial charge in [0.05, 0.1) is 7.11 Å². The number of hydrogen-bond donors (Lipinski definition) is 2. The largest absolute Gasteiger partial charge is 0.468 e. The van der Waals surface area contributed by atoms with Gasteiger partial charge in [-0.1, -0.05) is 13.8 Å². The molecule has 0 atom stereocenters. The van der Waals surface area contributed by atoms with E-state index in [2.05, 4.69) is 28.9 Å². The first-order chi connectivity index (χ1) is 6.06. The molecular formula is C8H17N3O2. The van der Waals surface area contributed by atoms with E-state index in [0.29, 0.717) is 5.92 Å². The fourth-order valence-electron chi connectivity index (χ4n) is 0.579. The first-order valence-electron chi connectivity index (χ1n) is 4.17. The molecule has 0 rings (SSSR count). The molecule has 0 fully saturated rings. The van der Waals surface area contributed by atoms with Gasteiger partial charge in [0.15, 0.2) is 5.96 Å². The fourth-order valence-corrected chi connectivity index (χ4v) is 0.579. The van der Waals surface area contributed by atoms with Crippen molar-refractivity contribution in [2.45, 2.75) is 13.8 Å². The number of hydrogen-bond acceptors (Lipinski definition) is 3. The van der Waals surface area contributed by atoms with Gasteiger partial charge in [0.1, 0.15) is 6.54 Å². The van der Waals surface area contributed by atoms with Crippen LogP contribution in [0.4, 0.5) is 0 Å². The van der Waals surface area contributed by atoms with Crippen LogP contribution in [0.3, 0.4) is 0 Å². The minimum atomic E-state index is -0.394. The summed E-state index contributed by atoms with van der Waals surface area (Å²) in [6, 6.07) is 0. The quantitative estimate of drug-likeness (QED) is 0.360. The molecule has 0 saturated heterocycles. The van der Waals surface area contributed by atoms with Gasteiger partial charge in [-0.25, -0.2) is 4.99 Å². The molecule has 0 aliphatic heterocycles. The lowest BCUT2D eigenvalue weighted by molar-refractivity contribution is -0.138. The zero-order valence-electron chi connectivity index (χ0n) is 8.33. The Kier molecular flexibility index (Phi) is 5.67. The lowest BCUT2D eigenvalue weighted by atomic mass is 10.2. The highest BCUT2D eigenvalue weighted by atomic mass is 16.5. The van der Waals surface area contributed by atoms with Gasteiger partial charge in [0, 0.05) is 6.54 Å². The maximum atomic E-state index is 10.6. The van der Waals surface area contributed by atoms with Crippen molar-refractivity contribution < 1.29 is 9.53 Å². The number of carbonyl (C=O) groups excluding carboxylic acids is 1. The van der Waals surface area contributed by atoms with Gasteiger partial charge < -0.3 is 15.8 Å². The molecule has 0 spiro atoms. The molecule has 5 heteroatoms. The number of esters is 1. The summed E-state index contributed by atoms with van der Waals surface area (Å²) in [7, 11) is 1.32. The maximum Gasteiger partial charge on any atom is 0.327 e. The van der Waals surface area contributed by atoms with Crippen LogP contribution in [0.1, 0.15) is 13.8 Å². The summed E-state index contributed by atoms with van der Waals surface area (Å²) in [6.07, 6.45) is 0. The van der Waals surface area contributed by atoms with E-state index < -0.39 is 5.97 Å². The van der Waals surface area contributed by atoms with Crippen molar-refractivity contribution in [1.82, 2.24) is 5.32 Å². The lowest BCUT2D eigenvalue weighted by Crippen LogP contribution is -2.34. The molecule has 13 heavy (non-hydrogen) atoms. The molecule has 0 bridgehead atoms. The lowest BCUT2D eigenvalue weighted by Gasteiger charge is -2.07. The predicted molar refractivity (Wildman–Crippen MR) is 51.3 cm³/mol. The summed E-state index contributed by atoms with van der Waals surface area (Å²) >= 11 is 0. The average Bonchev–Trinajstić information content (AvgIpc) is 2.10. The third-order valence-corrected chi connectivity index (χ3v) is 1.30. The van der Waals surface area contributed by atoms with E-state index >= 15 is 0 Å². The van der Waals surface area contributed by atoms with E-state index in [4.69, 9.17) is 5.73 Å². The molecule has 0 aromatic heterocycles. The summed E-state index contributed by atoms with van der Waals surface area (Å²) < 4.78 is 4.40. The second-order valence-electron chi connectivity index (χ2n) is 3.05. The van der Waals surface area contributed by atoms with E-state index in [0.717, 1.165) is 6.54 Å². The SMILES string of the molecule is COC(=O)CN=C(N)NCC(C)C. The highest BCUT2D eigenvalue weighted by Crippen LogP contribution is 1.86. The number of carbonyl (C=O) groups is 1. The van der Waals surface area contributed by atoms with Crippen LogP contribution >= 0.6 is 0 Å². The van der Waals surface area contributed by atoms with Crippen LogP contribution in [0.5, 0.6) is 0 Å². The van der Waals surface area contributed by atoms with Crippen LogP contribution in [0, 0.1) is 5.92 Å². The summed E-state index contributed by atoms with van der Waals surface area (Å²) in [5.74, 6) is 0.375. The molecule has 0 saturated carbocycles. The van der Waals surface area contributed by atoms with Crippen molar-refractivity contribution in [2.24, 2.45) is 16.6 Å². The molecule has 76 valence electrons. The Labute approximate surface area is 78.4 Å². The summed E-state index contributed by atoms with van der Waals surface area (Å²) in [5.41, 5.74) is 5.46. The zero-order chi connectivity index (χ0) is 10.3. The number of methoxy groups -OCH3 is 1. The summed E-state index contributed by atoms with van der Waals surface area (Å²) in [6.45, 7) is 4.82. The van der Waals surface area contributed by atoms with Gasteiger partial charge in [-0.15, -0.1) is 0 Å². The van der Waals surface area contributed by atoms with Crippen molar-refractivity contribution in [3.05, 3.63) is 0 Å². The van der Waals surface area contributed by atoms with Gasteiger partial charge in [0.2, 0.25) is 0 Å². The number of nitrogens with zero attached hydrogens (tertiary/aromatic N) is 1. The zero-order valence-corrected chi connectivity index (χ0v) is 8.33. The summed E-state index contributed by atoms with van der Waals surface area (Å²) in [5, 5.41) is 2.88. The van der Waals surface area contributed by atoms with Crippen LogP contribution in [0.15, 0.2) is 4.99 Å². The average molecular weight is 187 g/mol. The molecular weight excluding hydrogens is 170 g/mol. The van der Waals surface area contributed by atoms with Crippen LogP contribution in [0.2, 0.25) is 0 Å². The third kappa shape index (κ3) is 7.11. The molecule has 3 N–H and O–H groups in total. The second kappa shape index (κ2) is 6.28. The Hall–Kier alpha value is -1.26. The van der Waals surface area contributed by atoms with Crippen LogP contribution in [-0.4, -0.2) is 32.1 Å². The fraction of sp³-hybridized carbons (Fsp3) is 0.750. The molecule has 0 aromatic carbocycles. The molecule has 5 nitrogen and oxygen atoms in total. The van der Waals surface area contributed by atoms with Gasteiger partial charge in [-0.05, 0) is 5.92 Å². The van der Waals surface area contributed by atoms with Crippen LogP contribution < -0.4 is 11.1 Å². The van der Waals surface area contributed by atoms with Crippen molar-refractivity contribution in [3.63, 3.8) is 0 Å². The van der Waals surface area contributed by atoms with E-state index in [9.17, 15) is 4.79 Å². The predicted octanol–water partition coefficient (Wildman–Crippen LogP) is -0.280. The van der Waals surface area contributed by atoms with Crippen LogP contribution in [0.25, 0.3) is 0 Å². The van der Waals surface area contributed by atoms with E-state index in [1.807, 2.05) is 0 Å². The molecule has 0 aliphatic carbocycles. The number of nitrogens with one attached hydrogen (secondary N) is 1. The van der Waals surface area contributed by atoms with E-state index in [-0.39, 0.29) is 12.5 Å². The topological polar surface area (TPSA) is 76.7 Å². The highest BCUT2D eigenvalue weighted by molar-refractivity contribution is 5.81. The second-order valence-corrected chi connectivity index (χ2v) is 3.05. The van der Waals surface area contributed by atoms with Gasteiger partial charge in [0.25, 0.3) is 0 Å². The van der Waals surface area contributed by atoms with Gasteiger partial charge in [-0.3, -0.25) is 4.79 Å². The van der Waals surface area contributed by atoms with Crippen molar-refractivity contribution >= 4 is 11.9 Å². The molecule has 0 aromatic rings. The first-order valence-corrected chi connectivity index (χ1v) is 4.17. The number of ether oxygens (including phenoxy) is 1. The number of rotatable bonds is 4.